The predicted molar refractivity (Wildman–Crippen MR) is 137 cm³/mol. The Bertz CT molecular complexity index is 1640. The second kappa shape index (κ2) is 10.8. The Kier molecular flexibility index (Phi) is 4.67. The van der Waals surface area contributed by atoms with Crippen molar-refractivity contribution in [3.05, 3.63) is 46.8 Å². The summed E-state index contributed by atoms with van der Waals surface area (Å²) in [6.45, 7) is -14.8. The summed E-state index contributed by atoms with van der Waals surface area (Å²) < 4.78 is 141. The first-order valence-corrected chi connectivity index (χ1v) is 12.3. The molecule has 0 radical (unpaired) electrons. The minimum atomic E-state index is -4.88. The van der Waals surface area contributed by atoms with Crippen molar-refractivity contribution in [2.75, 3.05) is 46.1 Å². The molecule has 2 atom stereocenters. The van der Waals surface area contributed by atoms with Gasteiger partial charge in [0.05, 0.1) is 29.4 Å². The Morgan fingerprint density at radius 2 is 1.92 bits per heavy atom. The first-order chi connectivity index (χ1) is 22.7. The van der Waals surface area contributed by atoms with Crippen LogP contribution in [0.3, 0.4) is 0 Å². The number of nitrogens with two attached hydrogens (primary N) is 1. The van der Waals surface area contributed by atoms with Crippen molar-refractivity contribution in [3.63, 3.8) is 0 Å². The highest BCUT2D eigenvalue weighted by atomic mass is 19.4. The molecule has 3 heterocycles. The van der Waals surface area contributed by atoms with E-state index in [4.69, 9.17) is 25.5 Å². The minimum absolute atomic E-state index is 0.0512. The number of methoxy groups -OCH3 is 1. The summed E-state index contributed by atoms with van der Waals surface area (Å²) in [4.78, 5) is 27.3. The third-order valence-corrected chi connectivity index (χ3v) is 7.07. The highest BCUT2D eigenvalue weighted by Gasteiger charge is 2.44. The van der Waals surface area contributed by atoms with Crippen LogP contribution in [-0.4, -0.2) is 88.5 Å². The van der Waals surface area contributed by atoms with Crippen molar-refractivity contribution < 1.29 is 42.6 Å². The van der Waals surface area contributed by atoms with Crippen molar-refractivity contribution in [1.82, 2.24) is 24.5 Å². The number of piperazine rings is 1. The van der Waals surface area contributed by atoms with E-state index in [2.05, 4.69) is 5.10 Å². The number of amides is 2. The van der Waals surface area contributed by atoms with Crippen molar-refractivity contribution >= 4 is 11.8 Å². The number of ether oxygens (including phenoxy) is 1. The van der Waals surface area contributed by atoms with Gasteiger partial charge in [-0.1, -0.05) is 12.1 Å². The van der Waals surface area contributed by atoms with E-state index < -0.39 is 81.9 Å². The standard InChI is InChI=1S/C27H35F3N6O3/c1-17-19(4-3-5-22(17)39-2)26-21(34-12-10-33(11-13-34)15-24(31)37)8-9-35(26)25(38)16-36-23(27(28,29)30)14-20(32-36)18-6-7-18/h3-5,14,18,21,26H,6-13,15-16H2,1-2H3,(H2,31,37)/t21-,26-/m0/s1/i2D3,10D2,11D2,12D2,13D2. The number of alkyl halides is 3. The molecular formula is C27H35F3N6O3. The second-order valence-corrected chi connectivity index (χ2v) is 9.71. The number of benzene rings is 1. The van der Waals surface area contributed by atoms with Crippen molar-refractivity contribution in [2.45, 2.75) is 56.9 Å². The molecule has 39 heavy (non-hydrogen) atoms. The zero-order valence-electron chi connectivity index (χ0n) is 32.0. The van der Waals surface area contributed by atoms with Crippen LogP contribution in [-0.2, 0) is 22.3 Å². The molecule has 3 fully saturated rings. The first-order valence-electron chi connectivity index (χ1n) is 17.8. The van der Waals surface area contributed by atoms with Crippen LogP contribution in [0, 0.1) is 6.92 Å². The molecule has 12 heteroatoms. The Balaban J connectivity index is 1.64. The number of hydrogen-bond donors (Lipinski definition) is 1. The maximum absolute atomic E-state index is 14.0. The van der Waals surface area contributed by atoms with Crippen molar-refractivity contribution in [2.24, 2.45) is 5.73 Å². The van der Waals surface area contributed by atoms with Gasteiger partial charge in [-0.2, -0.15) is 18.3 Å². The lowest BCUT2D eigenvalue weighted by molar-refractivity contribution is -0.146. The van der Waals surface area contributed by atoms with Crippen molar-refractivity contribution in [3.8, 4) is 5.75 Å². The quantitative estimate of drug-likeness (QED) is 0.534. The van der Waals surface area contributed by atoms with Crippen LogP contribution in [0.2, 0.25) is 0 Å². The van der Waals surface area contributed by atoms with E-state index in [0.29, 0.717) is 22.4 Å². The topological polar surface area (TPSA) is 96.9 Å². The summed E-state index contributed by atoms with van der Waals surface area (Å²) in [6, 6.07) is 1.78. The fourth-order valence-electron chi connectivity index (χ4n) is 5.03. The average Bonchev–Trinajstić information content (AvgIpc) is 3.58. The van der Waals surface area contributed by atoms with E-state index in [1.807, 2.05) is 0 Å². The van der Waals surface area contributed by atoms with E-state index in [0.717, 1.165) is 11.0 Å². The maximum atomic E-state index is 14.0. The van der Waals surface area contributed by atoms with Gasteiger partial charge in [-0.25, -0.2) is 0 Å². The van der Waals surface area contributed by atoms with Gasteiger partial charge in [0.15, 0.2) is 0 Å². The highest BCUT2D eigenvalue weighted by Crippen LogP contribution is 2.42. The normalized spacial score (nSPS) is 32.5. The molecule has 3 aliphatic rings. The lowest BCUT2D eigenvalue weighted by atomic mass is 9.93. The highest BCUT2D eigenvalue weighted by molar-refractivity contribution is 5.77. The molecule has 2 aliphatic heterocycles. The molecule has 9 nitrogen and oxygen atoms in total. The second-order valence-electron chi connectivity index (χ2n) is 9.71. The summed E-state index contributed by atoms with van der Waals surface area (Å²) in [7, 11) is -2.95. The van der Waals surface area contributed by atoms with Gasteiger partial charge in [0.2, 0.25) is 11.8 Å². The zero-order valence-corrected chi connectivity index (χ0v) is 21.0. The molecule has 1 saturated carbocycles. The summed E-state index contributed by atoms with van der Waals surface area (Å²) in [6.07, 6.45) is -3.95. The number of nitrogens with zero attached hydrogens (tertiary/aromatic N) is 5. The number of hydrogen-bond acceptors (Lipinski definition) is 6. The molecule has 5 rings (SSSR count). The molecule has 1 aromatic heterocycles. The molecule has 0 spiro atoms. The van der Waals surface area contributed by atoms with Crippen LogP contribution in [0.25, 0.3) is 0 Å². The van der Waals surface area contributed by atoms with E-state index >= 15 is 0 Å². The van der Waals surface area contributed by atoms with E-state index in [-0.39, 0.29) is 46.4 Å². The number of primary amides is 1. The monoisotopic (exact) mass is 559 g/mol. The van der Waals surface area contributed by atoms with Crippen LogP contribution in [0.5, 0.6) is 5.75 Å². The number of carbonyl (C=O) groups is 2. The summed E-state index contributed by atoms with van der Waals surface area (Å²) in [5.74, 6) is -2.63. The SMILES string of the molecule is [2H]C([2H])([2H])Oc1cccc([C@H]2[C@@H](N3C([2H])([2H])C([2H])([2H])N(CC(N)=O)C([2H])([2H])C3([2H])[2H])CCN2C(=O)Cn2nc(C3CC3)cc2C(F)(F)F)c1C. The Hall–Kier alpha value is -3.12. The molecule has 1 aliphatic carbocycles. The molecular weight excluding hydrogens is 513 g/mol. The van der Waals surface area contributed by atoms with Gasteiger partial charge in [-0.3, -0.25) is 24.1 Å². The maximum Gasteiger partial charge on any atom is 0.433 e. The van der Waals surface area contributed by atoms with Gasteiger partial charge in [0.1, 0.15) is 18.0 Å². The average molecular weight is 560 g/mol. The molecule has 1 aromatic carbocycles. The predicted octanol–water partition coefficient (Wildman–Crippen LogP) is 2.54. The van der Waals surface area contributed by atoms with Gasteiger partial charge in [0.25, 0.3) is 0 Å². The fraction of sp³-hybridized carbons (Fsp3) is 0.593. The van der Waals surface area contributed by atoms with E-state index in [1.165, 1.54) is 25.1 Å². The van der Waals surface area contributed by atoms with Gasteiger partial charge in [-0.15, -0.1) is 0 Å². The largest absolute Gasteiger partial charge is 0.496 e. The van der Waals surface area contributed by atoms with Gasteiger partial charge in [-0.05, 0) is 49.4 Å². The van der Waals surface area contributed by atoms with Crippen molar-refractivity contribution in [1.29, 1.82) is 0 Å². The zero-order chi connectivity index (χ0) is 37.6. The number of rotatable bonds is 8. The number of likely N-dealkylation sites (tertiary alicyclic amines) is 1. The molecule has 2 saturated heterocycles. The molecule has 2 amide bonds. The van der Waals surface area contributed by atoms with Gasteiger partial charge in [0, 0.05) is 55.5 Å². The number of aromatic nitrogens is 2. The number of halogens is 3. The smallest absolute Gasteiger partial charge is 0.433 e. The summed E-state index contributed by atoms with van der Waals surface area (Å²) >= 11 is 0. The van der Waals surface area contributed by atoms with Crippen LogP contribution < -0.4 is 10.5 Å². The Labute approximate surface area is 241 Å². The molecule has 0 unspecified atom stereocenters. The van der Waals surface area contributed by atoms with E-state index in [9.17, 15) is 22.8 Å². The van der Waals surface area contributed by atoms with Crippen LogP contribution >= 0.6 is 0 Å². The molecule has 0 bridgehead atoms. The minimum Gasteiger partial charge on any atom is -0.496 e. The van der Waals surface area contributed by atoms with Gasteiger partial charge >= 0.3 is 6.18 Å². The Morgan fingerprint density at radius 1 is 1.18 bits per heavy atom. The fourth-order valence-corrected chi connectivity index (χ4v) is 5.03. The lowest BCUT2D eigenvalue weighted by Gasteiger charge is -2.41. The summed E-state index contributed by atoms with van der Waals surface area (Å²) in [5.41, 5.74) is 4.33. The summed E-state index contributed by atoms with van der Waals surface area (Å²) in [5, 5.41) is 4.04. The molecule has 2 N–H and O–H groups in total. The third-order valence-electron chi connectivity index (χ3n) is 7.07. The number of carbonyl (C=O) groups excluding carboxylic acids is 2. The van der Waals surface area contributed by atoms with Gasteiger partial charge < -0.3 is 15.4 Å². The molecule has 212 valence electrons. The third kappa shape index (κ3) is 5.76. The Morgan fingerprint density at radius 3 is 2.56 bits per heavy atom. The van der Waals surface area contributed by atoms with Crippen LogP contribution in [0.1, 0.15) is 68.8 Å². The van der Waals surface area contributed by atoms with Crippen LogP contribution in [0.4, 0.5) is 13.2 Å². The lowest BCUT2D eigenvalue weighted by Crippen LogP contribution is -2.53. The van der Waals surface area contributed by atoms with E-state index in [1.54, 1.807) is 0 Å². The molecule has 2 aromatic rings. The van der Waals surface area contributed by atoms with Crippen LogP contribution in [0.15, 0.2) is 24.3 Å². The first kappa shape index (κ1) is 16.9.